The molecule has 0 spiro atoms. The molecule has 1 heterocycles. The van der Waals surface area contributed by atoms with Gasteiger partial charge in [-0.1, -0.05) is 0 Å². The minimum Gasteiger partial charge on any atom is -0.382 e. The number of rotatable bonds is 10. The monoisotopic (exact) mass is 284 g/mol. The third-order valence-corrected chi connectivity index (χ3v) is 2.55. The van der Waals surface area contributed by atoms with Crippen molar-refractivity contribution >= 4 is 17.3 Å². The number of nitro groups is 1. The summed E-state index contributed by atoms with van der Waals surface area (Å²) >= 11 is 0. The molecule has 0 aliphatic heterocycles. The first-order valence-electron chi connectivity index (χ1n) is 6.36. The van der Waals surface area contributed by atoms with Crippen LogP contribution in [0.5, 0.6) is 0 Å². The second-order valence-corrected chi connectivity index (χ2v) is 4.10. The van der Waals surface area contributed by atoms with Crippen LogP contribution in [-0.2, 0) is 9.47 Å². The average Bonchev–Trinajstić information content (AvgIpc) is 2.41. The van der Waals surface area contributed by atoms with Crippen molar-refractivity contribution in [2.75, 3.05) is 44.5 Å². The Bertz CT molecular complexity index is 428. The lowest BCUT2D eigenvalue weighted by Gasteiger charge is -2.07. The smallest absolute Gasteiger partial charge is 0.311 e. The molecule has 0 aliphatic carbocycles. The fourth-order valence-corrected chi connectivity index (χ4v) is 1.51. The molecule has 20 heavy (non-hydrogen) atoms. The van der Waals surface area contributed by atoms with Crippen LogP contribution in [0.2, 0.25) is 0 Å². The van der Waals surface area contributed by atoms with E-state index in [9.17, 15) is 10.1 Å². The molecule has 0 amide bonds. The van der Waals surface area contributed by atoms with E-state index in [1.54, 1.807) is 13.2 Å². The largest absolute Gasteiger partial charge is 0.382 e. The van der Waals surface area contributed by atoms with Crippen LogP contribution in [0.15, 0.2) is 12.1 Å². The predicted molar refractivity (Wildman–Crippen MR) is 75.7 cm³/mol. The van der Waals surface area contributed by atoms with Gasteiger partial charge < -0.3 is 20.5 Å². The quantitative estimate of drug-likeness (QED) is 0.379. The number of unbranched alkanes of at least 4 members (excludes halogenated alkanes) is 1. The van der Waals surface area contributed by atoms with Gasteiger partial charge in [0.2, 0.25) is 5.82 Å². The predicted octanol–water partition coefficient (Wildman–Crippen LogP) is 1.43. The van der Waals surface area contributed by atoms with Gasteiger partial charge in [-0.15, -0.1) is 0 Å². The van der Waals surface area contributed by atoms with Crippen LogP contribution in [0, 0.1) is 10.1 Å². The Morgan fingerprint density at radius 1 is 1.35 bits per heavy atom. The molecule has 0 saturated heterocycles. The summed E-state index contributed by atoms with van der Waals surface area (Å²) in [5, 5.41) is 13.6. The Labute approximate surface area is 117 Å². The molecule has 0 radical (unpaired) electrons. The van der Waals surface area contributed by atoms with Crippen molar-refractivity contribution in [1.29, 1.82) is 0 Å². The van der Waals surface area contributed by atoms with Gasteiger partial charge in [-0.2, -0.15) is 0 Å². The Hall–Kier alpha value is -1.93. The van der Waals surface area contributed by atoms with Crippen molar-refractivity contribution < 1.29 is 14.4 Å². The van der Waals surface area contributed by atoms with Gasteiger partial charge in [0, 0.05) is 26.3 Å². The van der Waals surface area contributed by atoms with E-state index in [1.807, 2.05) is 0 Å². The van der Waals surface area contributed by atoms with Crippen molar-refractivity contribution in [2.45, 2.75) is 12.8 Å². The Balaban J connectivity index is 2.19. The number of hydrogen-bond donors (Lipinski definition) is 2. The van der Waals surface area contributed by atoms with Gasteiger partial charge in [0.05, 0.1) is 18.1 Å². The number of anilines is 2. The molecular weight excluding hydrogens is 264 g/mol. The minimum atomic E-state index is -0.552. The minimum absolute atomic E-state index is 0.0806. The summed E-state index contributed by atoms with van der Waals surface area (Å²) in [6.45, 7) is 2.59. The molecule has 0 bridgehead atoms. The van der Waals surface area contributed by atoms with E-state index in [1.165, 1.54) is 6.07 Å². The number of methoxy groups -OCH3 is 1. The van der Waals surface area contributed by atoms with Gasteiger partial charge in [-0.25, -0.2) is 4.98 Å². The molecule has 1 aromatic heterocycles. The van der Waals surface area contributed by atoms with Crippen molar-refractivity contribution in [3.05, 3.63) is 22.2 Å². The maximum absolute atomic E-state index is 10.6. The number of ether oxygens (including phenoxy) is 2. The average molecular weight is 284 g/mol. The molecule has 3 N–H and O–H groups in total. The number of pyridine rings is 1. The highest BCUT2D eigenvalue weighted by Gasteiger charge is 2.12. The zero-order chi connectivity index (χ0) is 14.8. The first-order chi connectivity index (χ1) is 9.65. The summed E-state index contributed by atoms with van der Waals surface area (Å²) in [6.07, 6.45) is 1.82. The summed E-state index contributed by atoms with van der Waals surface area (Å²) < 4.78 is 10.2. The van der Waals surface area contributed by atoms with Crippen molar-refractivity contribution in [1.82, 2.24) is 4.98 Å². The van der Waals surface area contributed by atoms with Gasteiger partial charge in [-0.3, -0.25) is 10.1 Å². The van der Waals surface area contributed by atoms with Gasteiger partial charge in [0.1, 0.15) is 5.82 Å². The number of aromatic nitrogens is 1. The van der Waals surface area contributed by atoms with Gasteiger partial charge >= 0.3 is 5.69 Å². The third-order valence-electron chi connectivity index (χ3n) is 2.55. The lowest BCUT2D eigenvalue weighted by molar-refractivity contribution is -0.384. The van der Waals surface area contributed by atoms with Crippen LogP contribution >= 0.6 is 0 Å². The topological polar surface area (TPSA) is 113 Å². The number of nitrogens with two attached hydrogens (primary N) is 1. The highest BCUT2D eigenvalue weighted by atomic mass is 16.6. The fourth-order valence-electron chi connectivity index (χ4n) is 1.51. The van der Waals surface area contributed by atoms with E-state index >= 15 is 0 Å². The third kappa shape index (κ3) is 5.81. The summed E-state index contributed by atoms with van der Waals surface area (Å²) in [7, 11) is 1.64. The van der Waals surface area contributed by atoms with E-state index in [-0.39, 0.29) is 11.5 Å². The SMILES string of the molecule is COCCOCCCCNc1ccc([N+](=O)[O-])c(N)n1. The van der Waals surface area contributed by atoms with E-state index in [4.69, 9.17) is 15.2 Å². The molecule has 1 aromatic rings. The van der Waals surface area contributed by atoms with Crippen LogP contribution in [0.1, 0.15) is 12.8 Å². The van der Waals surface area contributed by atoms with Crippen molar-refractivity contribution in [3.8, 4) is 0 Å². The summed E-state index contributed by atoms with van der Waals surface area (Å²) in [5.74, 6) is 0.455. The van der Waals surface area contributed by atoms with Crippen LogP contribution in [0.4, 0.5) is 17.3 Å². The molecule has 0 unspecified atom stereocenters. The van der Waals surface area contributed by atoms with E-state index in [2.05, 4.69) is 10.3 Å². The molecule has 0 fully saturated rings. The summed E-state index contributed by atoms with van der Waals surface area (Å²) in [5.41, 5.74) is 5.32. The number of nitrogens with zero attached hydrogens (tertiary/aromatic N) is 2. The van der Waals surface area contributed by atoms with Crippen molar-refractivity contribution in [2.24, 2.45) is 0 Å². The Morgan fingerprint density at radius 2 is 2.15 bits per heavy atom. The van der Waals surface area contributed by atoms with E-state index in [0.717, 1.165) is 12.8 Å². The zero-order valence-electron chi connectivity index (χ0n) is 11.5. The molecule has 112 valence electrons. The molecule has 8 nitrogen and oxygen atoms in total. The Morgan fingerprint density at radius 3 is 2.80 bits per heavy atom. The second kappa shape index (κ2) is 9.05. The van der Waals surface area contributed by atoms with Gasteiger partial charge in [0.15, 0.2) is 0 Å². The molecule has 1 rings (SSSR count). The Kier molecular flexibility index (Phi) is 7.30. The van der Waals surface area contributed by atoms with Gasteiger partial charge in [-0.05, 0) is 18.9 Å². The van der Waals surface area contributed by atoms with Crippen molar-refractivity contribution in [3.63, 3.8) is 0 Å². The van der Waals surface area contributed by atoms with E-state index in [0.29, 0.717) is 32.2 Å². The summed E-state index contributed by atoms with van der Waals surface area (Å²) in [4.78, 5) is 14.0. The highest BCUT2D eigenvalue weighted by Crippen LogP contribution is 2.20. The molecule has 8 heteroatoms. The molecule has 0 atom stereocenters. The zero-order valence-corrected chi connectivity index (χ0v) is 11.5. The van der Waals surface area contributed by atoms with Gasteiger partial charge in [0.25, 0.3) is 0 Å². The number of hydrogen-bond acceptors (Lipinski definition) is 7. The molecule has 0 aliphatic rings. The van der Waals surface area contributed by atoms with Crippen LogP contribution < -0.4 is 11.1 Å². The lowest BCUT2D eigenvalue weighted by Crippen LogP contribution is -2.08. The first-order valence-corrected chi connectivity index (χ1v) is 6.36. The number of nitrogen functional groups attached to an aromatic ring is 1. The highest BCUT2D eigenvalue weighted by molar-refractivity contribution is 5.57. The maximum atomic E-state index is 10.6. The summed E-state index contributed by atoms with van der Waals surface area (Å²) in [6, 6.07) is 2.89. The molecule has 0 saturated carbocycles. The second-order valence-electron chi connectivity index (χ2n) is 4.10. The molecule has 0 aromatic carbocycles. The lowest BCUT2D eigenvalue weighted by atomic mass is 10.3. The molecular formula is C12H20N4O4. The van der Waals surface area contributed by atoms with E-state index < -0.39 is 4.92 Å². The van der Waals surface area contributed by atoms with Crippen LogP contribution in [-0.4, -0.2) is 43.4 Å². The maximum Gasteiger partial charge on any atom is 0.311 e. The standard InChI is InChI=1S/C12H20N4O4/c1-19-8-9-20-7-3-2-6-14-11-5-4-10(16(17)18)12(13)15-11/h4-5H,2-3,6-9H2,1H3,(H3,13,14,15). The van der Waals surface area contributed by atoms with Crippen LogP contribution in [0.25, 0.3) is 0 Å². The first kappa shape index (κ1) is 16.1. The number of nitrogens with one attached hydrogen (secondary N) is 1. The normalized spacial score (nSPS) is 10.4. The fraction of sp³-hybridized carbons (Fsp3) is 0.583. The van der Waals surface area contributed by atoms with Crippen LogP contribution in [0.3, 0.4) is 0 Å².